The second-order valence-electron chi connectivity index (χ2n) is 3.98. The van der Waals surface area contributed by atoms with Crippen LogP contribution in [0.15, 0.2) is 0 Å². The van der Waals surface area contributed by atoms with Gasteiger partial charge in [0.1, 0.15) is 0 Å². The molecular formula is C12H20F2O4. The lowest BCUT2D eigenvalue weighted by Crippen LogP contribution is -2.29. The van der Waals surface area contributed by atoms with Gasteiger partial charge in [-0.05, 0) is 13.8 Å². The predicted molar refractivity (Wildman–Crippen MR) is 61.2 cm³/mol. The Morgan fingerprint density at radius 1 is 1.11 bits per heavy atom. The van der Waals surface area contributed by atoms with Crippen molar-refractivity contribution < 1.29 is 27.8 Å². The normalized spacial score (nSPS) is 12.9. The van der Waals surface area contributed by atoms with E-state index in [9.17, 15) is 18.4 Å². The summed E-state index contributed by atoms with van der Waals surface area (Å²) in [5.41, 5.74) is 0. The molecule has 18 heavy (non-hydrogen) atoms. The molecule has 0 heterocycles. The molecule has 0 amide bonds. The molecule has 1 atom stereocenters. The highest BCUT2D eigenvalue weighted by molar-refractivity contribution is 5.70. The van der Waals surface area contributed by atoms with Crippen LogP contribution in [0, 0.1) is 5.92 Å². The molecule has 4 nitrogen and oxygen atoms in total. The second kappa shape index (κ2) is 8.00. The van der Waals surface area contributed by atoms with Crippen LogP contribution in [0.2, 0.25) is 0 Å². The van der Waals surface area contributed by atoms with E-state index < -0.39 is 30.2 Å². The summed E-state index contributed by atoms with van der Waals surface area (Å²) in [6.45, 7) is 4.83. The van der Waals surface area contributed by atoms with Crippen LogP contribution >= 0.6 is 0 Å². The van der Waals surface area contributed by atoms with Gasteiger partial charge in [-0.15, -0.1) is 0 Å². The first kappa shape index (κ1) is 16.8. The number of carbonyl (C=O) groups excluding carboxylic acids is 2. The van der Waals surface area contributed by atoms with Crippen molar-refractivity contribution in [2.45, 2.75) is 46.0 Å². The van der Waals surface area contributed by atoms with Crippen molar-refractivity contribution in [3.63, 3.8) is 0 Å². The summed E-state index contributed by atoms with van der Waals surface area (Å²) in [5.74, 6) is -5.55. The predicted octanol–water partition coefficient (Wildman–Crippen LogP) is 2.55. The standard InChI is InChI=1S/C12H20F2O4/c1-4-17-10(15)6-7-12(13,14)9(3)8-11(16)18-5-2/h9H,4-8H2,1-3H3. The third kappa shape index (κ3) is 6.51. The van der Waals surface area contributed by atoms with Crippen molar-refractivity contribution >= 4 is 11.9 Å². The van der Waals surface area contributed by atoms with Crippen molar-refractivity contribution in [1.82, 2.24) is 0 Å². The molecule has 106 valence electrons. The Morgan fingerprint density at radius 2 is 1.61 bits per heavy atom. The molecule has 0 radical (unpaired) electrons. The van der Waals surface area contributed by atoms with E-state index in [1.54, 1.807) is 13.8 Å². The zero-order valence-corrected chi connectivity index (χ0v) is 11.0. The average Bonchev–Trinajstić information content (AvgIpc) is 2.27. The lowest BCUT2D eigenvalue weighted by Gasteiger charge is -2.22. The summed E-state index contributed by atoms with van der Waals surface area (Å²) < 4.78 is 36.4. The maximum absolute atomic E-state index is 13.6. The SMILES string of the molecule is CCOC(=O)CCC(F)(F)C(C)CC(=O)OCC. The molecule has 0 aliphatic heterocycles. The summed E-state index contributed by atoms with van der Waals surface area (Å²) in [4.78, 5) is 22.1. The molecule has 0 N–H and O–H groups in total. The third-order valence-electron chi connectivity index (χ3n) is 2.47. The molecule has 0 aliphatic carbocycles. The fraction of sp³-hybridized carbons (Fsp3) is 0.833. The molecule has 0 fully saturated rings. The molecule has 0 spiro atoms. The van der Waals surface area contributed by atoms with Gasteiger partial charge in [-0.2, -0.15) is 0 Å². The zero-order chi connectivity index (χ0) is 14.2. The monoisotopic (exact) mass is 266 g/mol. The number of esters is 2. The molecule has 1 unspecified atom stereocenters. The van der Waals surface area contributed by atoms with Gasteiger partial charge in [0.2, 0.25) is 0 Å². The Bertz CT molecular complexity index is 279. The minimum Gasteiger partial charge on any atom is -0.466 e. The van der Waals surface area contributed by atoms with Crippen molar-refractivity contribution in [2.75, 3.05) is 13.2 Å². The van der Waals surface area contributed by atoms with E-state index in [-0.39, 0.29) is 26.1 Å². The average molecular weight is 266 g/mol. The first-order chi connectivity index (χ1) is 8.33. The highest BCUT2D eigenvalue weighted by atomic mass is 19.3. The summed E-state index contributed by atoms with van der Waals surface area (Å²) in [6, 6.07) is 0. The van der Waals surface area contributed by atoms with Gasteiger partial charge >= 0.3 is 11.9 Å². The van der Waals surface area contributed by atoms with Crippen LogP contribution in [0.5, 0.6) is 0 Å². The number of alkyl halides is 2. The molecule has 0 saturated carbocycles. The van der Waals surface area contributed by atoms with E-state index in [0.717, 1.165) is 0 Å². The number of hydrogen-bond acceptors (Lipinski definition) is 4. The molecule has 0 saturated heterocycles. The van der Waals surface area contributed by atoms with E-state index in [4.69, 9.17) is 0 Å². The molecule has 0 aromatic heterocycles. The highest BCUT2D eigenvalue weighted by Gasteiger charge is 2.38. The largest absolute Gasteiger partial charge is 0.466 e. The quantitative estimate of drug-likeness (QED) is 0.633. The van der Waals surface area contributed by atoms with Gasteiger partial charge in [-0.3, -0.25) is 9.59 Å². The van der Waals surface area contributed by atoms with Crippen LogP contribution < -0.4 is 0 Å². The van der Waals surface area contributed by atoms with Crippen molar-refractivity contribution in [3.05, 3.63) is 0 Å². The Kier molecular flexibility index (Phi) is 7.47. The molecule has 6 heteroatoms. The minimum absolute atomic E-state index is 0.167. The highest BCUT2D eigenvalue weighted by Crippen LogP contribution is 2.32. The van der Waals surface area contributed by atoms with Crippen LogP contribution in [0.4, 0.5) is 8.78 Å². The van der Waals surface area contributed by atoms with Crippen LogP contribution in [0.25, 0.3) is 0 Å². The Morgan fingerprint density at radius 3 is 2.11 bits per heavy atom. The van der Waals surface area contributed by atoms with E-state index in [1.807, 2.05) is 0 Å². The summed E-state index contributed by atoms with van der Waals surface area (Å²) >= 11 is 0. The van der Waals surface area contributed by atoms with Crippen molar-refractivity contribution in [2.24, 2.45) is 5.92 Å². The molecule has 0 bridgehead atoms. The summed E-state index contributed by atoms with van der Waals surface area (Å²) in [7, 11) is 0. The molecule has 0 aromatic carbocycles. The van der Waals surface area contributed by atoms with Crippen molar-refractivity contribution in [1.29, 1.82) is 0 Å². The first-order valence-corrected chi connectivity index (χ1v) is 6.02. The van der Waals surface area contributed by atoms with Gasteiger partial charge in [0.25, 0.3) is 5.92 Å². The van der Waals surface area contributed by atoms with Gasteiger partial charge in [-0.1, -0.05) is 6.92 Å². The van der Waals surface area contributed by atoms with Crippen molar-refractivity contribution in [3.8, 4) is 0 Å². The second-order valence-corrected chi connectivity index (χ2v) is 3.98. The fourth-order valence-electron chi connectivity index (χ4n) is 1.37. The number of halogens is 2. The fourth-order valence-corrected chi connectivity index (χ4v) is 1.37. The lowest BCUT2D eigenvalue weighted by molar-refractivity contribution is -0.151. The van der Waals surface area contributed by atoms with Gasteiger partial charge in [-0.25, -0.2) is 8.78 Å². The van der Waals surface area contributed by atoms with Crippen LogP contribution in [-0.2, 0) is 19.1 Å². The van der Waals surface area contributed by atoms with E-state index in [0.29, 0.717) is 0 Å². The van der Waals surface area contributed by atoms with Gasteiger partial charge < -0.3 is 9.47 Å². The number of hydrogen-bond donors (Lipinski definition) is 0. The first-order valence-electron chi connectivity index (χ1n) is 6.02. The van der Waals surface area contributed by atoms with Gasteiger partial charge in [0.05, 0.1) is 26.1 Å². The number of rotatable bonds is 8. The van der Waals surface area contributed by atoms with Crippen LogP contribution in [0.3, 0.4) is 0 Å². The maximum atomic E-state index is 13.6. The van der Waals surface area contributed by atoms with E-state index in [1.165, 1.54) is 6.92 Å². The molecule has 0 aromatic rings. The minimum atomic E-state index is -3.08. The number of ether oxygens (including phenoxy) is 2. The zero-order valence-electron chi connectivity index (χ0n) is 11.0. The number of carbonyl (C=O) groups is 2. The molecule has 0 aliphatic rings. The smallest absolute Gasteiger partial charge is 0.306 e. The third-order valence-corrected chi connectivity index (χ3v) is 2.47. The summed E-state index contributed by atoms with van der Waals surface area (Å²) in [5, 5.41) is 0. The van der Waals surface area contributed by atoms with E-state index in [2.05, 4.69) is 9.47 Å². The van der Waals surface area contributed by atoms with Crippen LogP contribution in [0.1, 0.15) is 40.0 Å². The Hall–Kier alpha value is -1.20. The molecular weight excluding hydrogens is 246 g/mol. The molecule has 0 rings (SSSR count). The summed E-state index contributed by atoms with van der Waals surface area (Å²) in [6.07, 6.45) is -1.33. The maximum Gasteiger partial charge on any atom is 0.306 e. The Labute approximate surface area is 106 Å². The Balaban J connectivity index is 4.17. The van der Waals surface area contributed by atoms with Gasteiger partial charge in [0.15, 0.2) is 0 Å². The van der Waals surface area contributed by atoms with E-state index >= 15 is 0 Å². The topological polar surface area (TPSA) is 52.6 Å². The van der Waals surface area contributed by atoms with Crippen LogP contribution in [-0.4, -0.2) is 31.1 Å². The lowest BCUT2D eigenvalue weighted by atomic mass is 9.96. The van der Waals surface area contributed by atoms with Gasteiger partial charge in [0, 0.05) is 12.3 Å².